The van der Waals surface area contributed by atoms with Gasteiger partial charge in [0.25, 0.3) is 0 Å². The maximum Gasteiger partial charge on any atom is 0.123 e. The molecule has 22 heavy (non-hydrogen) atoms. The first kappa shape index (κ1) is 13.1. The smallest absolute Gasteiger partial charge is 0.123 e. The van der Waals surface area contributed by atoms with Gasteiger partial charge < -0.3 is 4.98 Å². The van der Waals surface area contributed by atoms with E-state index in [1.807, 2.05) is 6.07 Å². The van der Waals surface area contributed by atoms with E-state index in [4.69, 9.17) is 0 Å². The second-order valence-corrected chi connectivity index (χ2v) is 7.55. The summed E-state index contributed by atoms with van der Waals surface area (Å²) < 4.78 is 13.7. The van der Waals surface area contributed by atoms with E-state index in [9.17, 15) is 4.39 Å². The molecule has 6 rings (SSSR count). The Balaban J connectivity index is 1.69. The molecule has 4 bridgehead atoms. The molecule has 116 valence electrons. The van der Waals surface area contributed by atoms with Gasteiger partial charge in [-0.3, -0.25) is 4.90 Å². The molecule has 1 unspecified atom stereocenters. The Hall–Kier alpha value is -1.35. The Morgan fingerprint density at radius 1 is 1.32 bits per heavy atom. The lowest BCUT2D eigenvalue weighted by Crippen LogP contribution is -2.56. The Kier molecular flexibility index (Phi) is 2.73. The summed E-state index contributed by atoms with van der Waals surface area (Å²) in [5, 5.41) is 1.12. The summed E-state index contributed by atoms with van der Waals surface area (Å²) in [7, 11) is 0. The highest BCUT2D eigenvalue weighted by Crippen LogP contribution is 2.50. The molecule has 3 aliphatic heterocycles. The monoisotopic (exact) mass is 298 g/mol. The van der Waals surface area contributed by atoms with E-state index in [1.165, 1.54) is 37.1 Å². The molecule has 4 aliphatic rings. The fraction of sp³-hybridized carbons (Fsp3) is 0.579. The summed E-state index contributed by atoms with van der Waals surface area (Å²) in [5.41, 5.74) is 3.94. The van der Waals surface area contributed by atoms with Gasteiger partial charge in [-0.25, -0.2) is 4.39 Å². The number of fused-ring (bicyclic) bond motifs is 4. The van der Waals surface area contributed by atoms with Crippen molar-refractivity contribution in [3.05, 3.63) is 35.3 Å². The Labute approximate surface area is 130 Å². The quantitative estimate of drug-likeness (QED) is 0.841. The van der Waals surface area contributed by atoms with Gasteiger partial charge in [-0.1, -0.05) is 13.3 Å². The van der Waals surface area contributed by atoms with Gasteiger partial charge in [0, 0.05) is 41.6 Å². The molecule has 3 fully saturated rings. The van der Waals surface area contributed by atoms with Crippen LogP contribution in [0.2, 0.25) is 0 Å². The molecule has 3 heteroatoms. The van der Waals surface area contributed by atoms with Crippen LogP contribution in [0.5, 0.6) is 0 Å². The summed E-state index contributed by atoms with van der Waals surface area (Å²) >= 11 is 0. The minimum atomic E-state index is -0.116. The first-order valence-corrected chi connectivity index (χ1v) is 8.78. The number of halogens is 1. The van der Waals surface area contributed by atoms with Gasteiger partial charge in [0.15, 0.2) is 0 Å². The number of aromatic nitrogens is 1. The average Bonchev–Trinajstić information content (AvgIpc) is 2.85. The van der Waals surface area contributed by atoms with Crippen LogP contribution in [0.15, 0.2) is 18.2 Å². The molecule has 1 aromatic heterocycles. The zero-order valence-electron chi connectivity index (χ0n) is 13.1. The predicted octanol–water partition coefficient (Wildman–Crippen LogP) is 4.07. The summed E-state index contributed by atoms with van der Waals surface area (Å²) in [5.74, 6) is 2.21. The lowest BCUT2D eigenvalue weighted by atomic mass is 9.65. The molecule has 4 heterocycles. The fourth-order valence-electron chi connectivity index (χ4n) is 5.67. The summed E-state index contributed by atoms with van der Waals surface area (Å²) in [4.78, 5) is 6.42. The van der Waals surface area contributed by atoms with Crippen LogP contribution in [-0.2, 0) is 6.42 Å². The van der Waals surface area contributed by atoms with E-state index in [2.05, 4.69) is 16.8 Å². The summed E-state index contributed by atoms with van der Waals surface area (Å²) in [6.07, 6.45) is 5.09. The number of aromatic amines is 1. The molecule has 2 nitrogen and oxygen atoms in total. The van der Waals surface area contributed by atoms with E-state index in [0.717, 1.165) is 35.7 Å². The second-order valence-electron chi connectivity index (χ2n) is 7.55. The largest absolute Gasteiger partial charge is 0.358 e. The van der Waals surface area contributed by atoms with Crippen LogP contribution in [0, 0.1) is 17.7 Å². The van der Waals surface area contributed by atoms with Crippen LogP contribution in [0.4, 0.5) is 4.39 Å². The van der Waals surface area contributed by atoms with Crippen molar-refractivity contribution < 1.29 is 4.39 Å². The summed E-state index contributed by atoms with van der Waals surface area (Å²) in [6.45, 7) is 4.78. The van der Waals surface area contributed by atoms with Gasteiger partial charge in [0.05, 0.1) is 0 Å². The van der Waals surface area contributed by atoms with E-state index in [1.54, 1.807) is 12.1 Å². The number of hydrogen-bond acceptors (Lipinski definition) is 1. The van der Waals surface area contributed by atoms with E-state index in [-0.39, 0.29) is 5.82 Å². The number of nitrogens with zero attached hydrogens (tertiary/aromatic N) is 1. The van der Waals surface area contributed by atoms with Crippen LogP contribution >= 0.6 is 0 Å². The van der Waals surface area contributed by atoms with Crippen molar-refractivity contribution >= 4 is 10.9 Å². The molecule has 1 N–H and O–H groups in total. The number of hydrogen-bond donors (Lipinski definition) is 1. The van der Waals surface area contributed by atoms with Crippen molar-refractivity contribution in [3.8, 4) is 0 Å². The number of H-pyrrole nitrogens is 1. The molecule has 1 aliphatic carbocycles. The molecule has 5 atom stereocenters. The van der Waals surface area contributed by atoms with Crippen molar-refractivity contribution in [1.29, 1.82) is 0 Å². The Bertz CT molecular complexity index is 734. The third-order valence-corrected chi connectivity index (χ3v) is 6.48. The molecule has 2 saturated heterocycles. The van der Waals surface area contributed by atoms with Crippen molar-refractivity contribution in [2.45, 2.75) is 44.6 Å². The molecule has 1 saturated carbocycles. The highest BCUT2D eigenvalue weighted by molar-refractivity contribution is 5.85. The van der Waals surface area contributed by atoms with Crippen LogP contribution in [0.3, 0.4) is 0 Å². The van der Waals surface area contributed by atoms with E-state index in [0.29, 0.717) is 12.0 Å². The normalized spacial score (nSPS) is 36.4. The number of piperidine rings is 2. The zero-order chi connectivity index (χ0) is 14.8. The van der Waals surface area contributed by atoms with Gasteiger partial charge in [-0.2, -0.15) is 0 Å². The van der Waals surface area contributed by atoms with E-state index >= 15 is 0 Å². The highest BCUT2D eigenvalue weighted by atomic mass is 19.1. The van der Waals surface area contributed by atoms with Gasteiger partial charge in [0.2, 0.25) is 0 Å². The highest BCUT2D eigenvalue weighted by Gasteiger charge is 2.48. The third kappa shape index (κ3) is 1.69. The molecule has 0 amide bonds. The van der Waals surface area contributed by atoms with E-state index < -0.39 is 0 Å². The van der Waals surface area contributed by atoms with Crippen LogP contribution < -0.4 is 0 Å². The standard InChI is InChI=1S/C19H23FN2/c1-2-12-7-11-8-16-18-14(5-6-22(10-11)19(12)16)15-9-13(20)3-4-17(15)21-18/h3-4,9,11-12,16,19,21H,2,5-8,10H2,1H3/t11-,12-,16+,19+/m0/s1. The SMILES string of the molecule is CC[C@H]1C[C@H]2C[C@@H]3c4[nH]c5ccc(F)cc5c4CCN(C2)[C@H]13. The minimum absolute atomic E-state index is 0.116. The number of benzene rings is 1. The molecule has 1 aromatic carbocycles. The topological polar surface area (TPSA) is 19.0 Å². The van der Waals surface area contributed by atoms with Crippen molar-refractivity contribution in [3.63, 3.8) is 0 Å². The molecule has 2 aromatic rings. The molecule has 0 spiro atoms. The van der Waals surface area contributed by atoms with Crippen LogP contribution in [-0.4, -0.2) is 29.0 Å². The van der Waals surface area contributed by atoms with Crippen LogP contribution in [0.25, 0.3) is 10.9 Å². The maximum atomic E-state index is 13.7. The van der Waals surface area contributed by atoms with Crippen molar-refractivity contribution in [1.82, 2.24) is 9.88 Å². The third-order valence-electron chi connectivity index (χ3n) is 6.48. The molecular weight excluding hydrogens is 275 g/mol. The van der Waals surface area contributed by atoms with Crippen molar-refractivity contribution in [2.24, 2.45) is 11.8 Å². The minimum Gasteiger partial charge on any atom is -0.358 e. The maximum absolute atomic E-state index is 13.7. The average molecular weight is 298 g/mol. The van der Waals surface area contributed by atoms with Gasteiger partial charge >= 0.3 is 0 Å². The predicted molar refractivity (Wildman–Crippen MR) is 86.6 cm³/mol. The first-order chi connectivity index (χ1) is 10.7. The summed E-state index contributed by atoms with van der Waals surface area (Å²) in [6, 6.07) is 5.92. The molecular formula is C19H23FN2. The number of nitrogens with one attached hydrogen (secondary N) is 1. The van der Waals surface area contributed by atoms with Crippen molar-refractivity contribution in [2.75, 3.05) is 13.1 Å². The lowest BCUT2D eigenvalue weighted by Gasteiger charge is -2.53. The zero-order valence-corrected chi connectivity index (χ0v) is 13.1. The lowest BCUT2D eigenvalue weighted by molar-refractivity contribution is -0.0134. The Morgan fingerprint density at radius 2 is 2.23 bits per heavy atom. The molecule has 0 radical (unpaired) electrons. The first-order valence-electron chi connectivity index (χ1n) is 8.78. The number of rotatable bonds is 1. The second kappa shape index (κ2) is 4.58. The Morgan fingerprint density at radius 3 is 3.09 bits per heavy atom. The van der Waals surface area contributed by atoms with Crippen LogP contribution in [0.1, 0.15) is 43.4 Å². The fourth-order valence-corrected chi connectivity index (χ4v) is 5.67. The van der Waals surface area contributed by atoms with Gasteiger partial charge in [-0.05, 0) is 54.9 Å². The van der Waals surface area contributed by atoms with Gasteiger partial charge in [-0.15, -0.1) is 0 Å². The van der Waals surface area contributed by atoms with Gasteiger partial charge in [0.1, 0.15) is 5.82 Å².